The second kappa shape index (κ2) is 11.2. The Kier molecular flexibility index (Phi) is 6.44. The molecule has 0 spiro atoms. The highest BCUT2D eigenvalue weighted by Crippen LogP contribution is 2.46. The molecule has 1 heterocycles. The summed E-state index contributed by atoms with van der Waals surface area (Å²) in [6.45, 7) is 4.51. The predicted molar refractivity (Wildman–Crippen MR) is 214 cm³/mol. The minimum Gasteiger partial charge on any atom is -0.456 e. The van der Waals surface area contributed by atoms with E-state index in [4.69, 9.17) is 4.42 Å². The lowest BCUT2D eigenvalue weighted by Crippen LogP contribution is -1.95. The van der Waals surface area contributed by atoms with Gasteiger partial charge in [0.05, 0.1) is 0 Å². The molecule has 0 N–H and O–H groups in total. The first-order valence-electron chi connectivity index (χ1n) is 17.6. The second-order valence-electron chi connectivity index (χ2n) is 13.5. The zero-order valence-corrected chi connectivity index (χ0v) is 28.1. The molecule has 0 aliphatic heterocycles. The normalized spacial score (nSPS) is 11.9. The first-order valence-corrected chi connectivity index (χ1v) is 17.6. The van der Waals surface area contributed by atoms with Crippen molar-refractivity contribution < 1.29 is 4.42 Å². The Hall–Kier alpha value is -6.18. The van der Waals surface area contributed by atoms with Gasteiger partial charge in [-0.2, -0.15) is 0 Å². The number of furan rings is 1. The fourth-order valence-electron chi connectivity index (χ4n) is 8.46. The fraction of sp³-hybridized carbons (Fsp3) is 0.0612. The molecule has 0 atom stereocenters. The van der Waals surface area contributed by atoms with Crippen LogP contribution in [0.1, 0.15) is 18.1 Å². The van der Waals surface area contributed by atoms with Gasteiger partial charge in [0.1, 0.15) is 11.2 Å². The third kappa shape index (κ3) is 4.27. The molecule has 0 saturated heterocycles. The fourth-order valence-corrected chi connectivity index (χ4v) is 8.46. The van der Waals surface area contributed by atoms with E-state index >= 15 is 0 Å². The maximum Gasteiger partial charge on any atom is 0.136 e. The van der Waals surface area contributed by atoms with E-state index in [1.165, 1.54) is 93.0 Å². The van der Waals surface area contributed by atoms with Crippen LogP contribution in [0.25, 0.3) is 98.4 Å². The molecule has 0 aliphatic carbocycles. The average Bonchev–Trinajstić information content (AvgIpc) is 3.55. The molecule has 236 valence electrons. The van der Waals surface area contributed by atoms with Gasteiger partial charge in [-0.25, -0.2) is 0 Å². The Balaban J connectivity index is 1.26. The van der Waals surface area contributed by atoms with Crippen molar-refractivity contribution in [1.29, 1.82) is 0 Å². The van der Waals surface area contributed by atoms with E-state index in [1.54, 1.807) is 0 Å². The minimum atomic E-state index is 0.914. The van der Waals surface area contributed by atoms with Crippen LogP contribution in [-0.4, -0.2) is 0 Å². The van der Waals surface area contributed by atoms with Crippen LogP contribution in [0.2, 0.25) is 0 Å². The lowest BCUT2D eigenvalue weighted by atomic mass is 9.83. The average molecular weight is 639 g/mol. The number of rotatable bonds is 4. The molecule has 1 aromatic heterocycles. The summed E-state index contributed by atoms with van der Waals surface area (Å²) in [5.74, 6) is 0. The van der Waals surface area contributed by atoms with Gasteiger partial charge in [0, 0.05) is 10.8 Å². The highest BCUT2D eigenvalue weighted by molar-refractivity contribution is 6.24. The molecule has 10 aromatic rings. The Morgan fingerprint density at radius 3 is 1.60 bits per heavy atom. The monoisotopic (exact) mass is 638 g/mol. The molecule has 0 amide bonds. The van der Waals surface area contributed by atoms with Gasteiger partial charge in [-0.15, -0.1) is 0 Å². The van der Waals surface area contributed by atoms with E-state index < -0.39 is 0 Å². The van der Waals surface area contributed by atoms with E-state index in [0.717, 1.165) is 23.0 Å². The molecule has 50 heavy (non-hydrogen) atoms. The van der Waals surface area contributed by atoms with Crippen molar-refractivity contribution in [2.75, 3.05) is 0 Å². The molecule has 1 nitrogen and oxygen atoms in total. The summed E-state index contributed by atoms with van der Waals surface area (Å²) in [6, 6.07) is 57.9. The lowest BCUT2D eigenvalue weighted by molar-refractivity contribution is 0.669. The standard InChI is InChI=1S/C49H34O/c1-3-31-22-23-34(28-42(31)46-30(2)20-21-32-12-4-6-14-36(32)46)47-38-16-8-10-18-40(38)48(41-19-11-9-17-39(41)47)35-25-26-44-43(29-35)49-37-15-7-5-13-33(37)24-27-45(49)50-44/h4-29H,3H2,1-2H3. The van der Waals surface area contributed by atoms with Gasteiger partial charge in [0.15, 0.2) is 0 Å². The van der Waals surface area contributed by atoms with E-state index in [0.29, 0.717) is 0 Å². The lowest BCUT2D eigenvalue weighted by Gasteiger charge is -2.20. The summed E-state index contributed by atoms with van der Waals surface area (Å²) in [5, 5.41) is 12.4. The first-order chi connectivity index (χ1) is 24.7. The third-order valence-electron chi connectivity index (χ3n) is 10.8. The van der Waals surface area contributed by atoms with Gasteiger partial charge < -0.3 is 4.42 Å². The minimum absolute atomic E-state index is 0.914. The molecular weight excluding hydrogens is 605 g/mol. The number of aryl methyl sites for hydroxylation is 2. The molecule has 0 saturated carbocycles. The number of hydrogen-bond donors (Lipinski definition) is 0. The zero-order chi connectivity index (χ0) is 33.3. The Morgan fingerprint density at radius 1 is 0.420 bits per heavy atom. The second-order valence-corrected chi connectivity index (χ2v) is 13.5. The first kappa shape index (κ1) is 28.8. The molecular formula is C49H34O. The molecule has 0 unspecified atom stereocenters. The quantitative estimate of drug-likeness (QED) is 0.175. The van der Waals surface area contributed by atoms with Crippen molar-refractivity contribution in [3.05, 3.63) is 169 Å². The SMILES string of the molecule is CCc1ccc(-c2c3ccccc3c(-c3ccc4oc5ccc6ccccc6c5c4c3)c3ccccc23)cc1-c1c(C)ccc2ccccc12. The van der Waals surface area contributed by atoms with Crippen LogP contribution in [0.5, 0.6) is 0 Å². The molecule has 0 bridgehead atoms. The summed E-state index contributed by atoms with van der Waals surface area (Å²) >= 11 is 0. The van der Waals surface area contributed by atoms with Crippen LogP contribution in [0.15, 0.2) is 162 Å². The van der Waals surface area contributed by atoms with Crippen LogP contribution in [-0.2, 0) is 6.42 Å². The highest BCUT2D eigenvalue weighted by atomic mass is 16.3. The zero-order valence-electron chi connectivity index (χ0n) is 28.1. The maximum atomic E-state index is 6.40. The van der Waals surface area contributed by atoms with Crippen LogP contribution in [0.3, 0.4) is 0 Å². The molecule has 9 aromatic carbocycles. The summed E-state index contributed by atoms with van der Waals surface area (Å²) in [4.78, 5) is 0. The van der Waals surface area contributed by atoms with Crippen molar-refractivity contribution in [1.82, 2.24) is 0 Å². The predicted octanol–water partition coefficient (Wildman–Crippen LogP) is 14.1. The van der Waals surface area contributed by atoms with E-state index in [1.807, 2.05) is 0 Å². The van der Waals surface area contributed by atoms with Crippen LogP contribution < -0.4 is 0 Å². The van der Waals surface area contributed by atoms with Gasteiger partial charge in [0.2, 0.25) is 0 Å². The van der Waals surface area contributed by atoms with Crippen LogP contribution in [0.4, 0.5) is 0 Å². The smallest absolute Gasteiger partial charge is 0.136 e. The number of hydrogen-bond acceptors (Lipinski definition) is 1. The maximum absolute atomic E-state index is 6.40. The van der Waals surface area contributed by atoms with E-state index in [-0.39, 0.29) is 0 Å². The van der Waals surface area contributed by atoms with Crippen molar-refractivity contribution in [3.63, 3.8) is 0 Å². The Morgan fingerprint density at radius 2 is 0.940 bits per heavy atom. The highest BCUT2D eigenvalue weighted by Gasteiger charge is 2.20. The van der Waals surface area contributed by atoms with Gasteiger partial charge >= 0.3 is 0 Å². The summed E-state index contributed by atoms with van der Waals surface area (Å²) in [7, 11) is 0. The van der Waals surface area contributed by atoms with Crippen molar-refractivity contribution in [3.8, 4) is 33.4 Å². The molecule has 0 radical (unpaired) electrons. The number of fused-ring (bicyclic) bond motifs is 8. The largest absolute Gasteiger partial charge is 0.456 e. The van der Waals surface area contributed by atoms with Crippen LogP contribution in [0, 0.1) is 6.92 Å². The summed E-state index contributed by atoms with van der Waals surface area (Å²) in [6.07, 6.45) is 0.971. The van der Waals surface area contributed by atoms with Gasteiger partial charge in [-0.3, -0.25) is 0 Å². The van der Waals surface area contributed by atoms with Crippen molar-refractivity contribution >= 4 is 65.0 Å². The molecule has 10 rings (SSSR count). The van der Waals surface area contributed by atoms with E-state index in [9.17, 15) is 0 Å². The summed E-state index contributed by atoms with van der Waals surface area (Å²) in [5.41, 5.74) is 12.1. The van der Waals surface area contributed by atoms with Gasteiger partial charge in [-0.05, 0) is 125 Å². The van der Waals surface area contributed by atoms with Gasteiger partial charge in [-0.1, -0.05) is 140 Å². The molecule has 0 aliphatic rings. The number of benzene rings is 9. The topological polar surface area (TPSA) is 13.1 Å². The molecule has 0 fully saturated rings. The van der Waals surface area contributed by atoms with Crippen molar-refractivity contribution in [2.45, 2.75) is 20.3 Å². The van der Waals surface area contributed by atoms with Gasteiger partial charge in [0.25, 0.3) is 0 Å². The van der Waals surface area contributed by atoms with E-state index in [2.05, 4.69) is 172 Å². The van der Waals surface area contributed by atoms with Crippen LogP contribution >= 0.6 is 0 Å². The molecule has 1 heteroatoms. The summed E-state index contributed by atoms with van der Waals surface area (Å²) < 4.78 is 6.40. The Labute approximate surface area is 291 Å². The van der Waals surface area contributed by atoms with Crippen molar-refractivity contribution in [2.24, 2.45) is 0 Å². The Bertz CT molecular complexity index is 2920. The third-order valence-corrected chi connectivity index (χ3v) is 10.8.